The van der Waals surface area contributed by atoms with Crippen molar-refractivity contribution in [3.63, 3.8) is 0 Å². The third kappa shape index (κ3) is 6.19. The van der Waals surface area contributed by atoms with Crippen molar-refractivity contribution < 1.29 is 14.4 Å². The van der Waals surface area contributed by atoms with Gasteiger partial charge in [-0.1, -0.05) is 37.1 Å². The molecule has 9 heteroatoms. The van der Waals surface area contributed by atoms with Crippen molar-refractivity contribution in [2.24, 2.45) is 0 Å². The fraction of sp³-hybridized carbons (Fsp3) is 0.542. The lowest BCUT2D eigenvalue weighted by Crippen LogP contribution is -2.44. The molecule has 0 atom stereocenters. The Morgan fingerprint density at radius 3 is 2.67 bits per heavy atom. The Morgan fingerprint density at radius 2 is 2.06 bits per heavy atom. The maximum absolute atomic E-state index is 13.3. The number of allylic oxidation sites excluding steroid dienone is 6. The average Bonchev–Trinajstić information content (AvgIpc) is 2.76. The summed E-state index contributed by atoms with van der Waals surface area (Å²) in [5.74, 6) is 0.333. The number of rotatable bonds is 6. The molecule has 1 aromatic rings. The van der Waals surface area contributed by atoms with E-state index in [4.69, 9.17) is 26.2 Å². The zero-order valence-electron chi connectivity index (χ0n) is 20.0. The molecule has 2 heterocycles. The van der Waals surface area contributed by atoms with Crippen molar-refractivity contribution in [2.75, 3.05) is 19.0 Å². The summed E-state index contributed by atoms with van der Waals surface area (Å²) in [6.07, 6.45) is 9.37. The zero-order valence-corrected chi connectivity index (χ0v) is 20.8. The molecule has 2 aliphatic rings. The number of aromatic nitrogens is 2. The predicted molar refractivity (Wildman–Crippen MR) is 129 cm³/mol. The SMILES string of the molecule is CCCCC(Nc1nc2c(c(=O)n1OC)CN(C(=O)OC(C)(C)C)CC2)=C1C=CC(Cl)=CC1. The summed E-state index contributed by atoms with van der Waals surface area (Å²) in [5, 5.41) is 4.06. The summed E-state index contributed by atoms with van der Waals surface area (Å²) >= 11 is 6.09. The molecule has 180 valence electrons. The molecule has 0 radical (unpaired) electrons. The van der Waals surface area contributed by atoms with Crippen LogP contribution in [0.3, 0.4) is 0 Å². The van der Waals surface area contributed by atoms with Crippen molar-refractivity contribution >= 4 is 23.6 Å². The number of fused-ring (bicyclic) bond motifs is 1. The van der Waals surface area contributed by atoms with Gasteiger partial charge in [0.25, 0.3) is 5.56 Å². The first kappa shape index (κ1) is 24.9. The number of halogens is 1. The molecule has 8 nitrogen and oxygen atoms in total. The molecular weight excluding hydrogens is 444 g/mol. The number of nitrogens with one attached hydrogen (secondary N) is 1. The Kier molecular flexibility index (Phi) is 7.89. The van der Waals surface area contributed by atoms with Crippen LogP contribution in [0.15, 0.2) is 39.3 Å². The van der Waals surface area contributed by atoms with E-state index in [0.29, 0.717) is 41.6 Å². The molecule has 0 saturated heterocycles. The van der Waals surface area contributed by atoms with Gasteiger partial charge in [0.1, 0.15) is 12.7 Å². The van der Waals surface area contributed by atoms with Crippen LogP contribution in [0, 0.1) is 0 Å². The second kappa shape index (κ2) is 10.5. The van der Waals surface area contributed by atoms with Crippen LogP contribution in [0.1, 0.15) is 64.6 Å². The third-order valence-corrected chi connectivity index (χ3v) is 5.70. The van der Waals surface area contributed by atoms with Crippen LogP contribution < -0.4 is 15.7 Å². The highest BCUT2D eigenvalue weighted by Gasteiger charge is 2.29. The molecule has 0 unspecified atom stereocenters. The van der Waals surface area contributed by atoms with E-state index in [9.17, 15) is 9.59 Å². The van der Waals surface area contributed by atoms with E-state index in [1.807, 2.05) is 39.0 Å². The van der Waals surface area contributed by atoms with E-state index >= 15 is 0 Å². The zero-order chi connectivity index (χ0) is 24.2. The molecule has 0 fully saturated rings. The standard InChI is InChI=1S/C24H33ClN4O4/c1-6-7-8-19(16-9-11-17(25)12-10-16)26-22-27-20-13-14-28(23(31)33-24(2,3)4)15-18(20)21(30)29(22)32-5/h9,11-12H,6-8,10,13-15H2,1-5H3,(H,26,27). The maximum atomic E-state index is 13.3. The van der Waals surface area contributed by atoms with Crippen molar-refractivity contribution in [3.8, 4) is 0 Å². The largest absolute Gasteiger partial charge is 0.444 e. The van der Waals surface area contributed by atoms with E-state index in [-0.39, 0.29) is 12.1 Å². The molecule has 0 bridgehead atoms. The van der Waals surface area contributed by atoms with Crippen molar-refractivity contribution in [1.29, 1.82) is 0 Å². The van der Waals surface area contributed by atoms with Crippen LogP contribution in [0.25, 0.3) is 0 Å². The number of anilines is 1. The van der Waals surface area contributed by atoms with Crippen LogP contribution in [0.2, 0.25) is 0 Å². The highest BCUT2D eigenvalue weighted by atomic mass is 35.5. The summed E-state index contributed by atoms with van der Waals surface area (Å²) in [6, 6.07) is 0. The van der Waals surface area contributed by atoms with Gasteiger partial charge in [0.15, 0.2) is 0 Å². The van der Waals surface area contributed by atoms with Crippen molar-refractivity contribution in [2.45, 2.75) is 71.9 Å². The Hall–Kier alpha value is -2.74. The minimum atomic E-state index is -0.606. The lowest BCUT2D eigenvalue weighted by molar-refractivity contribution is 0.0219. The molecule has 1 amide bonds. The minimum Gasteiger partial charge on any atom is -0.444 e. The third-order valence-electron chi connectivity index (χ3n) is 5.42. The Bertz CT molecular complexity index is 1050. The van der Waals surface area contributed by atoms with Gasteiger partial charge < -0.3 is 19.8 Å². The lowest BCUT2D eigenvalue weighted by atomic mass is 10.0. The van der Waals surface area contributed by atoms with Gasteiger partial charge in [-0.2, -0.15) is 0 Å². The number of ether oxygens (including phenoxy) is 1. The van der Waals surface area contributed by atoms with E-state index in [0.717, 1.165) is 35.3 Å². The number of amides is 1. The molecule has 1 aromatic heterocycles. The van der Waals surface area contributed by atoms with Gasteiger partial charge in [0.2, 0.25) is 5.95 Å². The smallest absolute Gasteiger partial charge is 0.410 e. The quantitative estimate of drug-likeness (QED) is 0.649. The topological polar surface area (TPSA) is 85.7 Å². The van der Waals surface area contributed by atoms with Crippen LogP contribution in [-0.4, -0.2) is 40.0 Å². The van der Waals surface area contributed by atoms with E-state index in [1.165, 1.54) is 12.0 Å². The summed E-state index contributed by atoms with van der Waals surface area (Å²) in [4.78, 5) is 37.4. The number of unbranched alkanes of at least 4 members (excludes halogenated alkanes) is 1. The van der Waals surface area contributed by atoms with E-state index in [2.05, 4.69) is 12.2 Å². The molecule has 1 aliphatic carbocycles. The van der Waals surface area contributed by atoms with Gasteiger partial charge in [-0.05, 0) is 51.7 Å². The second-order valence-corrected chi connectivity index (χ2v) is 9.59. The number of hydrogen-bond donors (Lipinski definition) is 1. The van der Waals surface area contributed by atoms with E-state index in [1.54, 1.807) is 0 Å². The number of carbonyl (C=O) groups excluding carboxylic acids is 1. The average molecular weight is 477 g/mol. The van der Waals surface area contributed by atoms with Gasteiger partial charge in [-0.25, -0.2) is 9.78 Å². The molecule has 0 saturated carbocycles. The summed E-state index contributed by atoms with van der Waals surface area (Å²) in [7, 11) is 1.43. The van der Waals surface area contributed by atoms with E-state index < -0.39 is 11.7 Å². The molecule has 1 aliphatic heterocycles. The highest BCUT2D eigenvalue weighted by Crippen LogP contribution is 2.25. The molecule has 1 N–H and O–H groups in total. The summed E-state index contributed by atoms with van der Waals surface area (Å²) in [5.41, 5.74) is 2.24. The van der Waals surface area contributed by atoms with Crippen LogP contribution in [-0.2, 0) is 17.7 Å². The minimum absolute atomic E-state index is 0.134. The normalized spacial score (nSPS) is 17.3. The van der Waals surface area contributed by atoms with Crippen LogP contribution >= 0.6 is 11.6 Å². The Morgan fingerprint density at radius 1 is 1.30 bits per heavy atom. The summed E-state index contributed by atoms with van der Waals surface area (Å²) in [6.45, 7) is 8.15. The number of hydrogen-bond acceptors (Lipinski definition) is 6. The first-order valence-electron chi connectivity index (χ1n) is 11.3. The molecule has 0 aromatic carbocycles. The van der Waals surface area contributed by atoms with Crippen LogP contribution in [0.5, 0.6) is 0 Å². The van der Waals surface area contributed by atoms with Gasteiger partial charge in [0.05, 0.1) is 17.8 Å². The van der Waals surface area contributed by atoms with Gasteiger partial charge >= 0.3 is 6.09 Å². The monoisotopic (exact) mass is 476 g/mol. The predicted octanol–water partition coefficient (Wildman–Crippen LogP) is 4.53. The van der Waals surface area contributed by atoms with Gasteiger partial charge in [-0.15, -0.1) is 4.73 Å². The van der Waals surface area contributed by atoms with Gasteiger partial charge in [0, 0.05) is 23.7 Å². The fourth-order valence-corrected chi connectivity index (χ4v) is 3.87. The van der Waals surface area contributed by atoms with Crippen LogP contribution in [0.4, 0.5) is 10.7 Å². The maximum Gasteiger partial charge on any atom is 0.410 e. The van der Waals surface area contributed by atoms with Crippen molar-refractivity contribution in [1.82, 2.24) is 14.6 Å². The number of carbonyl (C=O) groups is 1. The van der Waals surface area contributed by atoms with Crippen molar-refractivity contribution in [3.05, 3.63) is 56.1 Å². The Balaban J connectivity index is 1.92. The molecule has 0 spiro atoms. The Labute approximate surface area is 199 Å². The lowest BCUT2D eigenvalue weighted by Gasteiger charge is -2.31. The van der Waals surface area contributed by atoms with Gasteiger partial charge in [-0.3, -0.25) is 4.79 Å². The number of nitrogens with zero attached hydrogens (tertiary/aromatic N) is 3. The fourth-order valence-electron chi connectivity index (χ4n) is 3.73. The first-order valence-corrected chi connectivity index (χ1v) is 11.7. The molecule has 33 heavy (non-hydrogen) atoms. The molecular formula is C24H33ClN4O4. The first-order chi connectivity index (χ1) is 15.6. The second-order valence-electron chi connectivity index (χ2n) is 9.15. The highest BCUT2D eigenvalue weighted by molar-refractivity contribution is 6.31. The summed E-state index contributed by atoms with van der Waals surface area (Å²) < 4.78 is 6.62. The molecule has 3 rings (SSSR count).